The molecule has 1 atom stereocenters. The number of amides is 2. The number of anilines is 1. The first-order chi connectivity index (χ1) is 10.1. The third kappa shape index (κ3) is 4.42. The Hall–Kier alpha value is -1.64. The van der Waals surface area contributed by atoms with Gasteiger partial charge in [-0.25, -0.2) is 9.59 Å². The van der Waals surface area contributed by atoms with Crippen LogP contribution in [-0.2, 0) is 9.47 Å². The maximum absolute atomic E-state index is 11.8. The van der Waals surface area contributed by atoms with Crippen LogP contribution < -0.4 is 10.6 Å². The number of urea groups is 1. The van der Waals surface area contributed by atoms with Gasteiger partial charge in [0.15, 0.2) is 0 Å². The molecule has 1 unspecified atom stereocenters. The monoisotopic (exact) mass is 358 g/mol. The summed E-state index contributed by atoms with van der Waals surface area (Å²) in [6, 6.07) is 4.16. The lowest BCUT2D eigenvalue weighted by atomic mass is 10.2. The fourth-order valence-corrected chi connectivity index (χ4v) is 2.31. The Bertz CT molecular complexity index is 531. The molecule has 0 saturated carbocycles. The first-order valence-electron chi connectivity index (χ1n) is 6.34. The van der Waals surface area contributed by atoms with Crippen LogP contribution in [0.25, 0.3) is 0 Å². The van der Waals surface area contributed by atoms with E-state index in [9.17, 15) is 9.59 Å². The molecule has 0 radical (unpaired) electrons. The zero-order valence-corrected chi connectivity index (χ0v) is 12.7. The summed E-state index contributed by atoms with van der Waals surface area (Å²) in [5, 5.41) is 14.3. The minimum Gasteiger partial charge on any atom is -0.478 e. The van der Waals surface area contributed by atoms with Gasteiger partial charge in [-0.2, -0.15) is 0 Å². The number of halogens is 1. The molecule has 1 aliphatic rings. The van der Waals surface area contributed by atoms with Crippen molar-refractivity contribution in [2.75, 3.05) is 31.7 Å². The number of carboxylic acid groups (broad SMARTS) is 1. The molecule has 7 nitrogen and oxygen atoms in total. The number of rotatable bonds is 4. The van der Waals surface area contributed by atoms with Gasteiger partial charge in [0, 0.05) is 11.0 Å². The first kappa shape index (κ1) is 15.7. The SMILES string of the molecule is O=C(NCC1COCCO1)Nc1c(Br)cccc1C(=O)O. The average molecular weight is 359 g/mol. The Morgan fingerprint density at radius 2 is 2.19 bits per heavy atom. The van der Waals surface area contributed by atoms with E-state index in [4.69, 9.17) is 14.6 Å². The van der Waals surface area contributed by atoms with Gasteiger partial charge in [0.2, 0.25) is 0 Å². The lowest BCUT2D eigenvalue weighted by molar-refractivity contribution is -0.0852. The van der Waals surface area contributed by atoms with Crippen LogP contribution in [0.3, 0.4) is 0 Å². The molecule has 1 aromatic carbocycles. The van der Waals surface area contributed by atoms with Crippen molar-refractivity contribution in [3.05, 3.63) is 28.2 Å². The molecule has 2 rings (SSSR count). The summed E-state index contributed by atoms with van der Waals surface area (Å²) in [6.07, 6.45) is -0.192. The molecule has 1 aromatic rings. The second-order valence-electron chi connectivity index (χ2n) is 4.37. The summed E-state index contributed by atoms with van der Waals surface area (Å²) in [5.74, 6) is -1.12. The summed E-state index contributed by atoms with van der Waals surface area (Å²) < 4.78 is 11.1. The molecule has 0 bridgehead atoms. The molecule has 114 valence electrons. The summed E-state index contributed by atoms with van der Waals surface area (Å²) >= 11 is 3.22. The molecule has 8 heteroatoms. The number of hydrogen-bond acceptors (Lipinski definition) is 4. The Morgan fingerprint density at radius 1 is 1.38 bits per heavy atom. The number of carboxylic acids is 1. The predicted octanol–water partition coefficient (Wildman–Crippen LogP) is 1.68. The average Bonchev–Trinajstić information content (AvgIpc) is 2.48. The van der Waals surface area contributed by atoms with Gasteiger partial charge in [0.1, 0.15) is 0 Å². The van der Waals surface area contributed by atoms with Gasteiger partial charge in [-0.15, -0.1) is 0 Å². The second kappa shape index (κ2) is 7.39. The van der Waals surface area contributed by atoms with E-state index in [1.807, 2.05) is 0 Å². The lowest BCUT2D eigenvalue weighted by Crippen LogP contribution is -2.41. The molecule has 2 amide bonds. The highest BCUT2D eigenvalue weighted by Crippen LogP contribution is 2.26. The van der Waals surface area contributed by atoms with Gasteiger partial charge >= 0.3 is 12.0 Å². The van der Waals surface area contributed by atoms with Gasteiger partial charge in [-0.3, -0.25) is 0 Å². The largest absolute Gasteiger partial charge is 0.478 e. The normalized spacial score (nSPS) is 18.0. The van der Waals surface area contributed by atoms with Crippen LogP contribution in [0, 0.1) is 0 Å². The van der Waals surface area contributed by atoms with Gasteiger partial charge in [0.25, 0.3) is 0 Å². The van der Waals surface area contributed by atoms with Crippen LogP contribution in [0.4, 0.5) is 10.5 Å². The Labute approximate surface area is 129 Å². The highest BCUT2D eigenvalue weighted by atomic mass is 79.9. The molecule has 1 fully saturated rings. The molecular formula is C13H15BrN2O5. The third-order valence-corrected chi connectivity index (χ3v) is 3.52. The highest BCUT2D eigenvalue weighted by Gasteiger charge is 2.18. The maximum atomic E-state index is 11.8. The Balaban J connectivity index is 1.94. The number of para-hydroxylation sites is 1. The highest BCUT2D eigenvalue weighted by molar-refractivity contribution is 9.10. The smallest absolute Gasteiger partial charge is 0.337 e. The van der Waals surface area contributed by atoms with Crippen molar-refractivity contribution in [3.63, 3.8) is 0 Å². The van der Waals surface area contributed by atoms with Crippen LogP contribution >= 0.6 is 15.9 Å². The molecule has 0 aromatic heterocycles. The molecule has 1 heterocycles. The van der Waals surface area contributed by atoms with Gasteiger partial charge < -0.3 is 25.2 Å². The third-order valence-electron chi connectivity index (χ3n) is 2.86. The number of carbonyl (C=O) groups excluding carboxylic acids is 1. The van der Waals surface area contributed by atoms with Crippen molar-refractivity contribution in [1.29, 1.82) is 0 Å². The minimum atomic E-state index is -1.12. The topological polar surface area (TPSA) is 96.9 Å². The van der Waals surface area contributed by atoms with Crippen LogP contribution in [-0.4, -0.2) is 49.6 Å². The van der Waals surface area contributed by atoms with Gasteiger partial charge in [-0.05, 0) is 28.1 Å². The number of benzene rings is 1. The molecule has 0 spiro atoms. The first-order valence-corrected chi connectivity index (χ1v) is 7.13. The molecule has 1 saturated heterocycles. The van der Waals surface area contributed by atoms with Crippen molar-refractivity contribution in [2.24, 2.45) is 0 Å². The number of hydrogen-bond donors (Lipinski definition) is 3. The number of carbonyl (C=O) groups is 2. The number of ether oxygens (including phenoxy) is 2. The van der Waals surface area contributed by atoms with Crippen LogP contribution in [0.5, 0.6) is 0 Å². The van der Waals surface area contributed by atoms with E-state index in [0.717, 1.165) is 0 Å². The number of aromatic carboxylic acids is 1. The minimum absolute atomic E-state index is 0.0109. The van der Waals surface area contributed by atoms with Crippen LogP contribution in [0.2, 0.25) is 0 Å². The van der Waals surface area contributed by atoms with Gasteiger partial charge in [-0.1, -0.05) is 6.07 Å². The van der Waals surface area contributed by atoms with E-state index in [2.05, 4.69) is 26.6 Å². The second-order valence-corrected chi connectivity index (χ2v) is 5.22. The lowest BCUT2D eigenvalue weighted by Gasteiger charge is -2.23. The van der Waals surface area contributed by atoms with E-state index in [-0.39, 0.29) is 17.4 Å². The van der Waals surface area contributed by atoms with Crippen molar-refractivity contribution >= 4 is 33.6 Å². The van der Waals surface area contributed by atoms with E-state index < -0.39 is 12.0 Å². The van der Waals surface area contributed by atoms with Crippen LogP contribution in [0.15, 0.2) is 22.7 Å². The zero-order chi connectivity index (χ0) is 15.2. The van der Waals surface area contributed by atoms with E-state index >= 15 is 0 Å². The number of nitrogens with one attached hydrogen (secondary N) is 2. The van der Waals surface area contributed by atoms with Crippen molar-refractivity contribution in [1.82, 2.24) is 5.32 Å². The van der Waals surface area contributed by atoms with Crippen molar-refractivity contribution in [2.45, 2.75) is 6.10 Å². The van der Waals surface area contributed by atoms with Crippen molar-refractivity contribution < 1.29 is 24.2 Å². The van der Waals surface area contributed by atoms with Crippen LogP contribution in [0.1, 0.15) is 10.4 Å². The van der Waals surface area contributed by atoms with Gasteiger partial charge in [0.05, 0.1) is 37.2 Å². The van der Waals surface area contributed by atoms with E-state index in [1.54, 1.807) is 12.1 Å². The molecule has 3 N–H and O–H groups in total. The summed E-state index contributed by atoms with van der Waals surface area (Å²) in [6.45, 7) is 1.78. The summed E-state index contributed by atoms with van der Waals surface area (Å²) in [5.41, 5.74) is 0.222. The fourth-order valence-electron chi connectivity index (χ4n) is 1.85. The summed E-state index contributed by atoms with van der Waals surface area (Å²) in [4.78, 5) is 23.0. The standard InChI is InChI=1S/C13H15BrN2O5/c14-10-3-1-2-9(12(17)18)11(10)16-13(19)15-6-8-7-20-4-5-21-8/h1-3,8H,4-7H2,(H,17,18)(H2,15,16,19). The Morgan fingerprint density at radius 3 is 2.86 bits per heavy atom. The van der Waals surface area contributed by atoms with E-state index in [1.165, 1.54) is 6.07 Å². The Kier molecular flexibility index (Phi) is 5.54. The fraction of sp³-hybridized carbons (Fsp3) is 0.385. The van der Waals surface area contributed by atoms with Crippen molar-refractivity contribution in [3.8, 4) is 0 Å². The molecule has 0 aliphatic carbocycles. The quantitative estimate of drug-likeness (QED) is 0.760. The van der Waals surface area contributed by atoms with E-state index in [0.29, 0.717) is 30.8 Å². The predicted molar refractivity (Wildman–Crippen MR) is 78.7 cm³/mol. The molecular weight excluding hydrogens is 344 g/mol. The summed E-state index contributed by atoms with van der Waals surface area (Å²) in [7, 11) is 0. The molecule has 21 heavy (non-hydrogen) atoms. The maximum Gasteiger partial charge on any atom is 0.337 e. The molecule has 1 aliphatic heterocycles. The zero-order valence-electron chi connectivity index (χ0n) is 11.1.